The Balaban J connectivity index is 1.29. The number of amides is 2. The molecule has 2 heterocycles. The Labute approximate surface area is 178 Å². The highest BCUT2D eigenvalue weighted by atomic mass is 19.1. The van der Waals surface area contributed by atoms with Crippen LogP contribution in [0, 0.1) is 29.9 Å². The first-order valence-electron chi connectivity index (χ1n) is 10.2. The minimum Gasteiger partial charge on any atom is -0.339 e. The lowest BCUT2D eigenvalue weighted by Crippen LogP contribution is -2.40. The molecule has 0 unspecified atom stereocenters. The van der Waals surface area contributed by atoms with Gasteiger partial charge in [0.15, 0.2) is 0 Å². The van der Waals surface area contributed by atoms with E-state index in [4.69, 9.17) is 0 Å². The fraction of sp³-hybridized carbons (Fsp3) is 0.455. The van der Waals surface area contributed by atoms with Crippen LogP contribution in [0.5, 0.6) is 0 Å². The molecule has 1 atom stereocenters. The summed E-state index contributed by atoms with van der Waals surface area (Å²) in [5, 5.41) is 7.56. The fourth-order valence-electron chi connectivity index (χ4n) is 4.29. The van der Waals surface area contributed by atoms with E-state index in [2.05, 4.69) is 14.9 Å². The quantitative estimate of drug-likeness (QED) is 0.682. The van der Waals surface area contributed by atoms with Gasteiger partial charge in [-0.3, -0.25) is 9.59 Å². The summed E-state index contributed by atoms with van der Waals surface area (Å²) in [4.78, 5) is 28.7. The molecule has 1 spiro atoms. The normalized spacial score (nSPS) is 19.7. The maximum atomic E-state index is 13.7. The van der Waals surface area contributed by atoms with Crippen molar-refractivity contribution < 1.29 is 23.0 Å². The van der Waals surface area contributed by atoms with Crippen LogP contribution in [0.2, 0.25) is 0 Å². The van der Waals surface area contributed by atoms with Crippen LogP contribution in [0.25, 0.3) is 6.08 Å². The molecule has 2 amide bonds. The number of benzene rings is 1. The molecule has 7 nitrogen and oxygen atoms in total. The summed E-state index contributed by atoms with van der Waals surface area (Å²) in [7, 11) is 1.75. The average molecular weight is 430 g/mol. The molecule has 9 heteroatoms. The van der Waals surface area contributed by atoms with E-state index < -0.39 is 11.6 Å². The van der Waals surface area contributed by atoms with E-state index in [1.54, 1.807) is 23.8 Å². The molecule has 0 N–H and O–H groups in total. The first-order valence-corrected chi connectivity index (χ1v) is 10.2. The molecule has 1 aliphatic carbocycles. The van der Waals surface area contributed by atoms with Crippen molar-refractivity contribution in [2.45, 2.75) is 32.7 Å². The Kier molecular flexibility index (Phi) is 5.60. The van der Waals surface area contributed by atoms with Crippen molar-refractivity contribution in [3.63, 3.8) is 0 Å². The topological polar surface area (TPSA) is 79.5 Å². The first-order chi connectivity index (χ1) is 14.8. The lowest BCUT2D eigenvalue weighted by Gasteiger charge is -2.32. The molecular formula is C22H24F2N4O3. The second-order valence-corrected chi connectivity index (χ2v) is 8.43. The molecular weight excluding hydrogens is 406 g/mol. The van der Waals surface area contributed by atoms with Crippen molar-refractivity contribution in [2.24, 2.45) is 11.3 Å². The minimum atomic E-state index is -0.707. The van der Waals surface area contributed by atoms with Crippen LogP contribution in [0.3, 0.4) is 0 Å². The van der Waals surface area contributed by atoms with Crippen LogP contribution in [-0.2, 0) is 16.1 Å². The number of hydrogen-bond donors (Lipinski definition) is 0. The highest BCUT2D eigenvalue weighted by Gasteiger charge is 2.59. The van der Waals surface area contributed by atoms with Gasteiger partial charge in [-0.1, -0.05) is 10.3 Å². The molecule has 0 radical (unpaired) electrons. The molecule has 1 aromatic carbocycles. The highest BCUT2D eigenvalue weighted by Crippen LogP contribution is 2.60. The van der Waals surface area contributed by atoms with Gasteiger partial charge in [0.1, 0.15) is 23.0 Å². The number of likely N-dealkylation sites (tertiary alicyclic amines) is 1. The second-order valence-electron chi connectivity index (χ2n) is 8.43. The number of hydrogen-bond acceptors (Lipinski definition) is 5. The van der Waals surface area contributed by atoms with Gasteiger partial charge in [0, 0.05) is 43.8 Å². The molecule has 1 aromatic heterocycles. The van der Waals surface area contributed by atoms with Gasteiger partial charge in [0.25, 0.3) is 0 Å². The van der Waals surface area contributed by atoms with Gasteiger partial charge in [-0.2, -0.15) is 0 Å². The second kappa shape index (κ2) is 8.20. The molecule has 2 fully saturated rings. The monoisotopic (exact) mass is 430 g/mol. The van der Waals surface area contributed by atoms with Gasteiger partial charge >= 0.3 is 0 Å². The molecule has 1 saturated heterocycles. The Bertz CT molecular complexity index is 1030. The predicted molar refractivity (Wildman–Crippen MR) is 107 cm³/mol. The molecule has 2 aliphatic rings. The number of aromatic nitrogens is 2. The van der Waals surface area contributed by atoms with E-state index in [9.17, 15) is 18.4 Å². The van der Waals surface area contributed by atoms with Crippen molar-refractivity contribution in [1.29, 1.82) is 0 Å². The summed E-state index contributed by atoms with van der Waals surface area (Å²) in [6.07, 6.45) is 5.01. The van der Waals surface area contributed by atoms with Gasteiger partial charge in [-0.25, -0.2) is 13.4 Å². The molecule has 4 rings (SSSR count). The van der Waals surface area contributed by atoms with Crippen LogP contribution in [0.15, 0.2) is 28.9 Å². The van der Waals surface area contributed by atoms with E-state index in [-0.39, 0.29) is 28.7 Å². The van der Waals surface area contributed by atoms with Gasteiger partial charge in [0.2, 0.25) is 11.8 Å². The standard InChI is InChI=1S/C22H24F2N4O3/c1-14-19(26-31-25-14)13-27(2)21(30)17-12-22(17)7-9-28(10-8-22)20(29)6-4-15-3-5-16(23)11-18(15)24/h3-6,11,17H,7-10,12-13H2,1-2H3/b6-4+/t17-/m1/s1. The van der Waals surface area contributed by atoms with Crippen molar-refractivity contribution in [3.05, 3.63) is 52.9 Å². The Morgan fingerprint density at radius 3 is 2.68 bits per heavy atom. The van der Waals surface area contributed by atoms with E-state index >= 15 is 0 Å². The van der Waals surface area contributed by atoms with Gasteiger partial charge < -0.3 is 9.80 Å². The summed E-state index contributed by atoms with van der Waals surface area (Å²) in [6.45, 7) is 3.24. The SMILES string of the molecule is Cc1nonc1CN(C)C(=O)[C@H]1CC12CCN(C(=O)/C=C/c1ccc(F)cc1F)CC2. The maximum Gasteiger partial charge on any atom is 0.246 e. The summed E-state index contributed by atoms with van der Waals surface area (Å²) in [6, 6.07) is 3.24. The summed E-state index contributed by atoms with van der Waals surface area (Å²) in [5.74, 6) is -1.54. The van der Waals surface area contributed by atoms with E-state index in [0.29, 0.717) is 31.0 Å². The van der Waals surface area contributed by atoms with Gasteiger partial charge in [-0.05, 0) is 49.8 Å². The average Bonchev–Trinajstić information content (AvgIpc) is 3.29. The zero-order chi connectivity index (χ0) is 22.2. The fourth-order valence-corrected chi connectivity index (χ4v) is 4.29. The lowest BCUT2D eigenvalue weighted by molar-refractivity contribution is -0.133. The molecule has 1 saturated carbocycles. The smallest absolute Gasteiger partial charge is 0.246 e. The van der Waals surface area contributed by atoms with E-state index in [1.165, 1.54) is 18.2 Å². The Morgan fingerprint density at radius 2 is 2.03 bits per heavy atom. The minimum absolute atomic E-state index is 0.0428. The molecule has 0 bridgehead atoms. The van der Waals surface area contributed by atoms with Crippen LogP contribution in [0.1, 0.15) is 36.2 Å². The van der Waals surface area contributed by atoms with Crippen molar-refractivity contribution in [2.75, 3.05) is 20.1 Å². The molecule has 164 valence electrons. The first kappa shape index (κ1) is 21.1. The van der Waals surface area contributed by atoms with Crippen LogP contribution >= 0.6 is 0 Å². The van der Waals surface area contributed by atoms with E-state index in [1.807, 2.05) is 0 Å². The number of piperidine rings is 1. The predicted octanol–water partition coefficient (Wildman–Crippen LogP) is 2.96. The summed E-state index contributed by atoms with van der Waals surface area (Å²) in [5.41, 5.74) is 1.43. The number of rotatable bonds is 5. The zero-order valence-electron chi connectivity index (χ0n) is 17.5. The maximum absolute atomic E-state index is 13.7. The summed E-state index contributed by atoms with van der Waals surface area (Å²) < 4.78 is 31.4. The highest BCUT2D eigenvalue weighted by molar-refractivity contribution is 5.92. The van der Waals surface area contributed by atoms with Crippen LogP contribution in [0.4, 0.5) is 8.78 Å². The van der Waals surface area contributed by atoms with Crippen LogP contribution in [-0.4, -0.2) is 52.1 Å². The number of nitrogens with zero attached hydrogens (tertiary/aromatic N) is 4. The molecule has 31 heavy (non-hydrogen) atoms. The van der Waals surface area contributed by atoms with Gasteiger partial charge in [-0.15, -0.1) is 0 Å². The number of aryl methyl sites for hydroxylation is 1. The third kappa shape index (κ3) is 4.35. The van der Waals surface area contributed by atoms with Crippen molar-refractivity contribution in [3.8, 4) is 0 Å². The third-order valence-corrected chi connectivity index (χ3v) is 6.44. The van der Waals surface area contributed by atoms with Gasteiger partial charge in [0.05, 0.1) is 6.54 Å². The molecule has 2 aromatic rings. The van der Waals surface area contributed by atoms with E-state index in [0.717, 1.165) is 31.4 Å². The summed E-state index contributed by atoms with van der Waals surface area (Å²) >= 11 is 0. The zero-order valence-corrected chi connectivity index (χ0v) is 17.5. The molecule has 1 aliphatic heterocycles. The lowest BCUT2D eigenvalue weighted by atomic mass is 9.90. The van der Waals surface area contributed by atoms with Crippen molar-refractivity contribution >= 4 is 17.9 Å². The Morgan fingerprint density at radius 1 is 1.29 bits per heavy atom. The number of halogens is 2. The third-order valence-electron chi connectivity index (χ3n) is 6.44. The van der Waals surface area contributed by atoms with Crippen molar-refractivity contribution in [1.82, 2.24) is 20.1 Å². The van der Waals surface area contributed by atoms with Crippen LogP contribution < -0.4 is 0 Å². The number of carbonyl (C=O) groups excluding carboxylic acids is 2. The largest absolute Gasteiger partial charge is 0.339 e. The number of carbonyl (C=O) groups is 2. The Hall–Kier alpha value is -3.10.